The van der Waals surface area contributed by atoms with E-state index in [1.54, 1.807) is 25.4 Å². The van der Waals surface area contributed by atoms with Gasteiger partial charge in [-0.05, 0) is 36.2 Å². The number of methoxy groups -OCH3 is 1. The number of benzene rings is 1. The fourth-order valence-corrected chi connectivity index (χ4v) is 2.43. The van der Waals surface area contributed by atoms with Gasteiger partial charge in [0.1, 0.15) is 11.6 Å². The van der Waals surface area contributed by atoms with Crippen LogP contribution < -0.4 is 14.8 Å². The van der Waals surface area contributed by atoms with Crippen LogP contribution in [0.15, 0.2) is 42.6 Å². The van der Waals surface area contributed by atoms with Gasteiger partial charge in [-0.15, -0.1) is 0 Å². The largest absolute Gasteiger partial charge is 0.497 e. The van der Waals surface area contributed by atoms with Gasteiger partial charge < -0.3 is 10.1 Å². The number of nitrogens with one attached hydrogen (secondary N) is 2. The van der Waals surface area contributed by atoms with Gasteiger partial charge in [0.2, 0.25) is 10.0 Å². The fraction of sp³-hybridized carbons (Fsp3) is 0.267. The molecule has 1 heterocycles. The molecule has 0 radical (unpaired) electrons. The van der Waals surface area contributed by atoms with Crippen LogP contribution in [0.1, 0.15) is 5.56 Å². The molecule has 0 aliphatic heterocycles. The van der Waals surface area contributed by atoms with Crippen LogP contribution in [0.5, 0.6) is 5.75 Å². The van der Waals surface area contributed by atoms with E-state index < -0.39 is 10.0 Å². The standard InChI is InChI=1S/C15H19N3O3S/c1-21-14-5-3-4-12(10-14)8-9-16-13-6-7-15(17-11-13)18-22(2,19)20/h3-7,10-11,16H,8-9H2,1-2H3,(H,17,18). The van der Waals surface area contributed by atoms with Crippen LogP contribution in [-0.4, -0.2) is 33.3 Å². The molecule has 0 aliphatic carbocycles. The quantitative estimate of drug-likeness (QED) is 0.816. The molecule has 2 N–H and O–H groups in total. The Morgan fingerprint density at radius 1 is 1.23 bits per heavy atom. The number of pyridine rings is 1. The van der Waals surface area contributed by atoms with E-state index in [4.69, 9.17) is 4.74 Å². The van der Waals surface area contributed by atoms with E-state index >= 15 is 0 Å². The molecule has 0 saturated heterocycles. The van der Waals surface area contributed by atoms with Crippen LogP contribution in [0.3, 0.4) is 0 Å². The Morgan fingerprint density at radius 2 is 2.05 bits per heavy atom. The first-order valence-electron chi connectivity index (χ1n) is 6.77. The number of hydrogen-bond acceptors (Lipinski definition) is 5. The van der Waals surface area contributed by atoms with E-state index in [2.05, 4.69) is 15.0 Å². The van der Waals surface area contributed by atoms with Gasteiger partial charge in [-0.2, -0.15) is 0 Å². The van der Waals surface area contributed by atoms with Crippen molar-refractivity contribution in [2.45, 2.75) is 6.42 Å². The summed E-state index contributed by atoms with van der Waals surface area (Å²) in [4.78, 5) is 4.04. The highest BCUT2D eigenvalue weighted by Gasteiger charge is 2.02. The molecule has 0 spiro atoms. The van der Waals surface area contributed by atoms with Crippen molar-refractivity contribution in [1.29, 1.82) is 0 Å². The summed E-state index contributed by atoms with van der Waals surface area (Å²) >= 11 is 0. The van der Waals surface area contributed by atoms with E-state index in [0.29, 0.717) is 5.82 Å². The SMILES string of the molecule is COc1cccc(CCNc2ccc(NS(C)(=O)=O)nc2)c1. The monoisotopic (exact) mass is 321 g/mol. The van der Waals surface area contributed by atoms with E-state index in [1.807, 2.05) is 24.3 Å². The van der Waals surface area contributed by atoms with Gasteiger partial charge in [-0.25, -0.2) is 13.4 Å². The summed E-state index contributed by atoms with van der Waals surface area (Å²) in [7, 11) is -1.65. The van der Waals surface area contributed by atoms with Crippen LogP contribution >= 0.6 is 0 Å². The number of rotatable bonds is 7. The second kappa shape index (κ2) is 7.13. The molecule has 0 atom stereocenters. The van der Waals surface area contributed by atoms with Crippen LogP contribution in [-0.2, 0) is 16.4 Å². The number of ether oxygens (including phenoxy) is 1. The summed E-state index contributed by atoms with van der Waals surface area (Å²) in [5, 5.41) is 3.24. The molecule has 22 heavy (non-hydrogen) atoms. The summed E-state index contributed by atoms with van der Waals surface area (Å²) in [6.07, 6.45) is 3.54. The zero-order chi connectivity index (χ0) is 16.0. The Morgan fingerprint density at radius 3 is 2.68 bits per heavy atom. The molecule has 0 bridgehead atoms. The molecular weight excluding hydrogens is 302 g/mol. The van der Waals surface area contributed by atoms with E-state index in [0.717, 1.165) is 30.7 Å². The average molecular weight is 321 g/mol. The zero-order valence-corrected chi connectivity index (χ0v) is 13.4. The fourth-order valence-electron chi connectivity index (χ4n) is 1.93. The summed E-state index contributed by atoms with van der Waals surface area (Å²) in [5.74, 6) is 1.15. The van der Waals surface area contributed by atoms with Gasteiger partial charge in [0.15, 0.2) is 0 Å². The van der Waals surface area contributed by atoms with Crippen molar-refractivity contribution < 1.29 is 13.2 Å². The number of nitrogens with zero attached hydrogens (tertiary/aromatic N) is 1. The molecule has 118 valence electrons. The van der Waals surface area contributed by atoms with Gasteiger partial charge in [0, 0.05) is 6.54 Å². The molecule has 2 aromatic rings. The first kappa shape index (κ1) is 16.1. The van der Waals surface area contributed by atoms with Gasteiger partial charge in [-0.1, -0.05) is 12.1 Å². The normalized spacial score (nSPS) is 11.0. The molecule has 1 aromatic carbocycles. The Kier molecular flexibility index (Phi) is 5.21. The summed E-state index contributed by atoms with van der Waals surface area (Å²) in [5.41, 5.74) is 2.01. The minimum absolute atomic E-state index is 0.306. The Bertz CT molecular complexity index is 715. The lowest BCUT2D eigenvalue weighted by Crippen LogP contribution is -2.11. The van der Waals surface area contributed by atoms with Crippen molar-refractivity contribution in [2.75, 3.05) is 29.9 Å². The van der Waals surface area contributed by atoms with Crippen molar-refractivity contribution in [2.24, 2.45) is 0 Å². The van der Waals surface area contributed by atoms with Crippen molar-refractivity contribution in [3.8, 4) is 5.75 Å². The summed E-state index contributed by atoms with van der Waals surface area (Å²) in [6.45, 7) is 0.744. The third kappa shape index (κ3) is 5.25. The van der Waals surface area contributed by atoms with E-state index in [9.17, 15) is 8.42 Å². The van der Waals surface area contributed by atoms with Crippen molar-refractivity contribution >= 4 is 21.5 Å². The molecule has 1 aromatic heterocycles. The maximum atomic E-state index is 11.1. The number of aromatic nitrogens is 1. The topological polar surface area (TPSA) is 80.3 Å². The molecule has 0 aliphatic rings. The number of sulfonamides is 1. The highest BCUT2D eigenvalue weighted by Crippen LogP contribution is 2.14. The molecule has 0 fully saturated rings. The molecule has 0 saturated carbocycles. The summed E-state index contributed by atoms with van der Waals surface area (Å²) < 4.78 is 29.7. The lowest BCUT2D eigenvalue weighted by Gasteiger charge is -2.08. The van der Waals surface area contributed by atoms with E-state index in [1.165, 1.54) is 5.56 Å². The second-order valence-corrected chi connectivity index (χ2v) is 6.58. The highest BCUT2D eigenvalue weighted by molar-refractivity contribution is 7.92. The average Bonchev–Trinajstić information content (AvgIpc) is 2.48. The number of hydrogen-bond donors (Lipinski definition) is 2. The summed E-state index contributed by atoms with van der Waals surface area (Å²) in [6, 6.07) is 11.3. The first-order chi connectivity index (χ1) is 10.5. The van der Waals surface area contributed by atoms with Gasteiger partial charge in [0.05, 0.1) is 25.2 Å². The third-order valence-electron chi connectivity index (χ3n) is 2.93. The number of anilines is 2. The van der Waals surface area contributed by atoms with E-state index in [-0.39, 0.29) is 0 Å². The smallest absolute Gasteiger partial charge is 0.230 e. The second-order valence-electron chi connectivity index (χ2n) is 4.83. The first-order valence-corrected chi connectivity index (χ1v) is 8.66. The lowest BCUT2D eigenvalue weighted by atomic mass is 10.1. The van der Waals surface area contributed by atoms with Crippen molar-refractivity contribution in [1.82, 2.24) is 4.98 Å². The molecular formula is C15H19N3O3S. The Balaban J connectivity index is 1.86. The van der Waals surface area contributed by atoms with Gasteiger partial charge in [-0.3, -0.25) is 4.72 Å². The third-order valence-corrected chi connectivity index (χ3v) is 3.51. The minimum Gasteiger partial charge on any atom is -0.497 e. The molecule has 0 amide bonds. The molecule has 6 nitrogen and oxygen atoms in total. The predicted octanol–water partition coefficient (Wildman–Crippen LogP) is 2.12. The zero-order valence-electron chi connectivity index (χ0n) is 12.5. The van der Waals surface area contributed by atoms with Crippen molar-refractivity contribution in [3.05, 3.63) is 48.2 Å². The molecule has 7 heteroatoms. The van der Waals surface area contributed by atoms with Gasteiger partial charge in [0.25, 0.3) is 0 Å². The molecule has 0 unspecified atom stereocenters. The van der Waals surface area contributed by atoms with Crippen LogP contribution in [0.25, 0.3) is 0 Å². The predicted molar refractivity (Wildman–Crippen MR) is 87.9 cm³/mol. The van der Waals surface area contributed by atoms with Crippen LogP contribution in [0, 0.1) is 0 Å². The minimum atomic E-state index is -3.29. The lowest BCUT2D eigenvalue weighted by molar-refractivity contribution is 0.414. The Labute approximate surface area is 130 Å². The highest BCUT2D eigenvalue weighted by atomic mass is 32.2. The van der Waals surface area contributed by atoms with Gasteiger partial charge >= 0.3 is 0 Å². The van der Waals surface area contributed by atoms with Crippen molar-refractivity contribution in [3.63, 3.8) is 0 Å². The van der Waals surface area contributed by atoms with Crippen LogP contribution in [0.2, 0.25) is 0 Å². The maximum absolute atomic E-state index is 11.1. The maximum Gasteiger partial charge on any atom is 0.230 e. The van der Waals surface area contributed by atoms with Crippen LogP contribution in [0.4, 0.5) is 11.5 Å². The Hall–Kier alpha value is -2.28. The molecule has 2 rings (SSSR count).